The van der Waals surface area contributed by atoms with Gasteiger partial charge in [0, 0.05) is 0 Å². The van der Waals surface area contributed by atoms with Crippen molar-refractivity contribution in [3.8, 4) is 0 Å². The minimum absolute atomic E-state index is 0.107. The van der Waals surface area contributed by atoms with E-state index in [0.717, 1.165) is 6.42 Å². The maximum Gasteiger partial charge on any atom is 0.320 e. The smallest absolute Gasteiger partial charge is 0.320 e. The number of rotatable bonds is 5. The summed E-state index contributed by atoms with van der Waals surface area (Å²) in [4.78, 5) is 10.4. The van der Waals surface area contributed by atoms with Crippen LogP contribution >= 0.6 is 0 Å². The van der Waals surface area contributed by atoms with Gasteiger partial charge in [0.15, 0.2) is 0 Å². The van der Waals surface area contributed by atoms with Crippen molar-refractivity contribution in [1.29, 1.82) is 0 Å². The van der Waals surface area contributed by atoms with Crippen LogP contribution in [0.15, 0.2) is 0 Å². The van der Waals surface area contributed by atoms with Gasteiger partial charge in [0.25, 0.3) is 0 Å². The fourth-order valence-electron chi connectivity index (χ4n) is 0.896. The molecule has 2 atom stereocenters. The summed E-state index contributed by atoms with van der Waals surface area (Å²) in [6.07, 6.45) is 0.236. The Hall–Kier alpha value is -0.610. The molecule has 0 saturated heterocycles. The first kappa shape index (κ1) is 12.4. The van der Waals surface area contributed by atoms with E-state index in [-0.39, 0.29) is 11.8 Å². The molecule has 13 heavy (non-hydrogen) atoms. The highest BCUT2D eigenvalue weighted by Crippen LogP contribution is 2.27. The number of aliphatic hydroxyl groups is 1. The lowest BCUT2D eigenvalue weighted by molar-refractivity contribution is -0.139. The number of carboxylic acids is 1. The number of carboxylic acid groups (broad SMARTS) is 1. The lowest BCUT2D eigenvalue weighted by Gasteiger charge is -2.30. The highest BCUT2D eigenvalue weighted by molar-refractivity contribution is 5.73. The van der Waals surface area contributed by atoms with E-state index in [9.17, 15) is 9.90 Å². The van der Waals surface area contributed by atoms with Gasteiger partial charge in [-0.3, -0.25) is 4.79 Å². The van der Waals surface area contributed by atoms with Crippen molar-refractivity contribution in [1.82, 2.24) is 0 Å². The molecule has 0 aliphatic heterocycles. The van der Waals surface area contributed by atoms with E-state index in [2.05, 4.69) is 0 Å². The molecular formula is C9H19NO3. The molecule has 0 fully saturated rings. The largest absolute Gasteiger partial charge is 0.480 e. The molecule has 0 spiro atoms. The third kappa shape index (κ3) is 3.74. The normalized spacial score (nSPS) is 16.7. The van der Waals surface area contributed by atoms with E-state index < -0.39 is 18.1 Å². The Morgan fingerprint density at radius 1 is 1.54 bits per heavy atom. The standard InChI is InChI=1S/C9H19NO3/c1-4-9(2,3)7(11)5-6(10)8(12)13/h6-7,11H,4-5,10H2,1-3H3,(H,12,13)/t6-,7-/m0/s1. The molecule has 0 unspecified atom stereocenters. The highest BCUT2D eigenvalue weighted by Gasteiger charge is 2.29. The Labute approximate surface area is 78.7 Å². The molecule has 4 heteroatoms. The van der Waals surface area contributed by atoms with E-state index in [1.807, 2.05) is 20.8 Å². The second kappa shape index (κ2) is 4.58. The van der Waals surface area contributed by atoms with Crippen LogP contribution in [0.2, 0.25) is 0 Å². The average molecular weight is 189 g/mol. The summed E-state index contributed by atoms with van der Waals surface area (Å²) < 4.78 is 0. The summed E-state index contributed by atoms with van der Waals surface area (Å²) in [6.45, 7) is 5.74. The second-order valence-electron chi connectivity index (χ2n) is 4.04. The van der Waals surface area contributed by atoms with Gasteiger partial charge in [-0.05, 0) is 18.3 Å². The van der Waals surface area contributed by atoms with Gasteiger partial charge < -0.3 is 15.9 Å². The average Bonchev–Trinajstić information content (AvgIpc) is 2.04. The molecule has 0 heterocycles. The van der Waals surface area contributed by atoms with Gasteiger partial charge in [0.05, 0.1) is 6.10 Å². The summed E-state index contributed by atoms with van der Waals surface area (Å²) in [5, 5.41) is 18.2. The zero-order valence-corrected chi connectivity index (χ0v) is 8.45. The van der Waals surface area contributed by atoms with Gasteiger partial charge in [-0.25, -0.2) is 0 Å². The summed E-state index contributed by atoms with van der Waals surface area (Å²) in [6, 6.07) is -0.971. The molecule has 0 saturated carbocycles. The van der Waals surface area contributed by atoms with Gasteiger partial charge in [0.2, 0.25) is 0 Å². The molecule has 4 N–H and O–H groups in total. The predicted octanol–water partition coefficient (Wildman–Crippen LogP) is 0.585. The first-order valence-corrected chi connectivity index (χ1v) is 4.47. The third-order valence-corrected chi connectivity index (χ3v) is 2.61. The summed E-state index contributed by atoms with van der Waals surface area (Å²) >= 11 is 0. The van der Waals surface area contributed by atoms with Crippen LogP contribution in [0.1, 0.15) is 33.6 Å². The molecule has 0 aromatic rings. The van der Waals surface area contributed by atoms with Crippen LogP contribution in [0.5, 0.6) is 0 Å². The van der Waals surface area contributed by atoms with Gasteiger partial charge in [-0.2, -0.15) is 0 Å². The first-order chi connectivity index (χ1) is 5.81. The maximum absolute atomic E-state index is 10.4. The van der Waals surface area contributed by atoms with Crippen LogP contribution in [0.3, 0.4) is 0 Å². The van der Waals surface area contributed by atoms with Crippen molar-refractivity contribution >= 4 is 5.97 Å². The van der Waals surface area contributed by atoms with Crippen molar-refractivity contribution in [3.63, 3.8) is 0 Å². The number of aliphatic hydroxyl groups excluding tert-OH is 1. The Morgan fingerprint density at radius 3 is 2.31 bits per heavy atom. The van der Waals surface area contributed by atoms with Crippen LogP contribution in [0.4, 0.5) is 0 Å². The summed E-state index contributed by atoms with van der Waals surface area (Å²) in [5.74, 6) is -1.06. The Kier molecular flexibility index (Phi) is 4.36. The lowest BCUT2D eigenvalue weighted by atomic mass is 9.81. The van der Waals surface area contributed by atoms with Crippen LogP contribution in [0, 0.1) is 5.41 Å². The molecule has 0 radical (unpaired) electrons. The number of carbonyl (C=O) groups is 1. The molecule has 0 aromatic heterocycles. The molecule has 4 nitrogen and oxygen atoms in total. The first-order valence-electron chi connectivity index (χ1n) is 4.47. The fourth-order valence-corrected chi connectivity index (χ4v) is 0.896. The zero-order valence-electron chi connectivity index (χ0n) is 8.45. The van der Waals surface area contributed by atoms with Crippen molar-refractivity contribution < 1.29 is 15.0 Å². The minimum atomic E-state index is -1.06. The predicted molar refractivity (Wildman–Crippen MR) is 50.3 cm³/mol. The molecule has 0 aliphatic rings. The fraction of sp³-hybridized carbons (Fsp3) is 0.889. The molecule has 0 aliphatic carbocycles. The Bertz CT molecular complexity index is 180. The highest BCUT2D eigenvalue weighted by atomic mass is 16.4. The third-order valence-electron chi connectivity index (χ3n) is 2.61. The monoisotopic (exact) mass is 189 g/mol. The van der Waals surface area contributed by atoms with E-state index in [1.54, 1.807) is 0 Å². The maximum atomic E-state index is 10.4. The van der Waals surface area contributed by atoms with Crippen LogP contribution in [0.25, 0.3) is 0 Å². The summed E-state index contributed by atoms with van der Waals surface area (Å²) in [5.41, 5.74) is 5.04. The van der Waals surface area contributed by atoms with Crippen molar-refractivity contribution in [3.05, 3.63) is 0 Å². The minimum Gasteiger partial charge on any atom is -0.480 e. The Morgan fingerprint density at radius 2 is 2.00 bits per heavy atom. The number of nitrogens with two attached hydrogens (primary N) is 1. The topological polar surface area (TPSA) is 83.5 Å². The van der Waals surface area contributed by atoms with Crippen LogP contribution < -0.4 is 5.73 Å². The lowest BCUT2D eigenvalue weighted by Crippen LogP contribution is -2.39. The molecular weight excluding hydrogens is 170 g/mol. The quantitative estimate of drug-likeness (QED) is 0.591. The van der Waals surface area contributed by atoms with E-state index >= 15 is 0 Å². The molecule has 0 rings (SSSR count). The van der Waals surface area contributed by atoms with E-state index in [1.165, 1.54) is 0 Å². The number of aliphatic carboxylic acids is 1. The van der Waals surface area contributed by atoms with Gasteiger partial charge >= 0.3 is 5.97 Å². The van der Waals surface area contributed by atoms with Gasteiger partial charge in [-0.15, -0.1) is 0 Å². The SMILES string of the molecule is CCC(C)(C)[C@@H](O)C[C@H](N)C(=O)O. The molecule has 0 amide bonds. The van der Waals surface area contributed by atoms with Gasteiger partial charge in [0.1, 0.15) is 6.04 Å². The van der Waals surface area contributed by atoms with Crippen molar-refractivity contribution in [2.75, 3.05) is 0 Å². The summed E-state index contributed by atoms with van der Waals surface area (Å²) in [7, 11) is 0. The van der Waals surface area contributed by atoms with E-state index in [0.29, 0.717) is 0 Å². The van der Waals surface area contributed by atoms with E-state index in [4.69, 9.17) is 10.8 Å². The number of hydrogen-bond donors (Lipinski definition) is 3. The van der Waals surface area contributed by atoms with Crippen LogP contribution in [-0.4, -0.2) is 28.3 Å². The van der Waals surface area contributed by atoms with Gasteiger partial charge in [-0.1, -0.05) is 20.8 Å². The molecule has 0 bridgehead atoms. The molecule has 78 valence electrons. The van der Waals surface area contributed by atoms with Crippen LogP contribution in [-0.2, 0) is 4.79 Å². The zero-order chi connectivity index (χ0) is 10.6. The van der Waals surface area contributed by atoms with Crippen molar-refractivity contribution in [2.45, 2.75) is 45.8 Å². The Balaban J connectivity index is 4.14. The molecule has 0 aromatic carbocycles. The van der Waals surface area contributed by atoms with Crippen molar-refractivity contribution in [2.24, 2.45) is 11.1 Å². The number of hydrogen-bond acceptors (Lipinski definition) is 3. The second-order valence-corrected chi connectivity index (χ2v) is 4.04.